The fraction of sp³-hybridized carbons (Fsp3) is 0.250. The quantitative estimate of drug-likeness (QED) is 0.227. The molecule has 1 atom stereocenters. The molecule has 7 nitrogen and oxygen atoms in total. The van der Waals surface area contributed by atoms with Crippen molar-refractivity contribution in [1.82, 2.24) is 5.32 Å². The van der Waals surface area contributed by atoms with Gasteiger partial charge in [0.05, 0.1) is 5.56 Å². The first-order valence-electron chi connectivity index (χ1n) is 8.61. The van der Waals surface area contributed by atoms with Crippen LogP contribution in [-0.4, -0.2) is 60.4 Å². The minimum absolute atomic E-state index is 0. The van der Waals surface area contributed by atoms with Gasteiger partial charge in [-0.15, -0.1) is 0 Å². The molecule has 0 saturated heterocycles. The number of ether oxygens (including phenoxy) is 3. The van der Waals surface area contributed by atoms with Crippen LogP contribution in [0, 0.1) is 0 Å². The van der Waals surface area contributed by atoms with E-state index in [1.165, 1.54) is 6.92 Å². The first-order chi connectivity index (χ1) is 13.4. The standard InChI is InChI=1S/C20H20ClNO6.Na.H/c1-14(26-19(24)15-6-3-2-4-7-15)27-20(25)22-13-5-8-18(23)28-17-11-9-16(21)10-12-17;;/h2-4,6-7,9-12,14H,5,8,13H2,1H3,(H,22,25);;. The Morgan fingerprint density at radius 2 is 1.66 bits per heavy atom. The number of halogens is 1. The van der Waals surface area contributed by atoms with E-state index in [1.807, 2.05) is 0 Å². The van der Waals surface area contributed by atoms with E-state index in [4.69, 9.17) is 25.8 Å². The Morgan fingerprint density at radius 3 is 2.31 bits per heavy atom. The van der Waals surface area contributed by atoms with Crippen LogP contribution in [0.1, 0.15) is 30.1 Å². The van der Waals surface area contributed by atoms with Crippen LogP contribution in [0.5, 0.6) is 5.75 Å². The topological polar surface area (TPSA) is 90.9 Å². The van der Waals surface area contributed by atoms with Crippen molar-refractivity contribution < 1.29 is 28.6 Å². The average molecular weight is 430 g/mol. The summed E-state index contributed by atoms with van der Waals surface area (Å²) in [5.74, 6) is -0.621. The third-order valence-electron chi connectivity index (χ3n) is 3.43. The molecule has 150 valence electrons. The molecular formula is C20H21ClNNaO6. The van der Waals surface area contributed by atoms with Gasteiger partial charge < -0.3 is 19.5 Å². The van der Waals surface area contributed by atoms with Crippen LogP contribution >= 0.6 is 11.6 Å². The Balaban J connectivity index is 0.00000420. The number of nitrogens with one attached hydrogen (secondary N) is 1. The SMILES string of the molecule is CC(OC(=O)NCCCC(=O)Oc1ccc(Cl)cc1)OC(=O)c1ccccc1.[NaH]. The number of esters is 2. The zero-order valence-corrected chi connectivity index (χ0v) is 16.0. The molecule has 0 spiro atoms. The van der Waals surface area contributed by atoms with E-state index in [2.05, 4.69) is 5.32 Å². The molecule has 0 aliphatic carbocycles. The van der Waals surface area contributed by atoms with E-state index in [0.29, 0.717) is 22.8 Å². The number of hydrogen-bond donors (Lipinski definition) is 1. The second-order valence-electron chi connectivity index (χ2n) is 5.70. The Kier molecular flexibility index (Phi) is 11.4. The van der Waals surface area contributed by atoms with Crippen molar-refractivity contribution in [2.75, 3.05) is 6.54 Å². The molecule has 2 aromatic carbocycles. The van der Waals surface area contributed by atoms with E-state index < -0.39 is 24.3 Å². The van der Waals surface area contributed by atoms with E-state index >= 15 is 0 Å². The molecular weight excluding hydrogens is 409 g/mol. The van der Waals surface area contributed by atoms with Crippen LogP contribution in [0.25, 0.3) is 0 Å². The molecule has 1 amide bonds. The fourth-order valence-corrected chi connectivity index (χ4v) is 2.24. The number of hydrogen-bond acceptors (Lipinski definition) is 6. The van der Waals surface area contributed by atoms with E-state index in [9.17, 15) is 14.4 Å². The Morgan fingerprint density at radius 1 is 1.00 bits per heavy atom. The Hall–Kier alpha value is -2.06. The van der Waals surface area contributed by atoms with Crippen molar-refractivity contribution in [1.29, 1.82) is 0 Å². The third-order valence-corrected chi connectivity index (χ3v) is 3.68. The van der Waals surface area contributed by atoms with Gasteiger partial charge in [0.25, 0.3) is 0 Å². The first kappa shape index (κ1) is 25.0. The molecule has 9 heteroatoms. The molecule has 0 aliphatic heterocycles. The van der Waals surface area contributed by atoms with Gasteiger partial charge in [0.2, 0.25) is 6.29 Å². The number of alkyl carbamates (subject to hydrolysis) is 1. The van der Waals surface area contributed by atoms with Crippen molar-refractivity contribution in [3.63, 3.8) is 0 Å². The zero-order valence-electron chi connectivity index (χ0n) is 15.2. The first-order valence-corrected chi connectivity index (χ1v) is 8.98. The van der Waals surface area contributed by atoms with Gasteiger partial charge in [0.1, 0.15) is 5.75 Å². The molecule has 0 saturated carbocycles. The number of amides is 1. The molecule has 0 heterocycles. The van der Waals surface area contributed by atoms with Gasteiger partial charge in [0.15, 0.2) is 0 Å². The van der Waals surface area contributed by atoms with Crippen LogP contribution in [-0.2, 0) is 14.3 Å². The number of carbonyl (C=O) groups is 3. The number of benzene rings is 2. The monoisotopic (exact) mass is 429 g/mol. The van der Waals surface area contributed by atoms with Crippen molar-refractivity contribution in [2.24, 2.45) is 0 Å². The van der Waals surface area contributed by atoms with Crippen LogP contribution in [0.2, 0.25) is 5.02 Å². The van der Waals surface area contributed by atoms with Gasteiger partial charge in [0, 0.05) is 24.9 Å². The summed E-state index contributed by atoms with van der Waals surface area (Å²) >= 11 is 5.75. The van der Waals surface area contributed by atoms with Gasteiger partial charge in [-0.2, -0.15) is 0 Å². The summed E-state index contributed by atoms with van der Waals surface area (Å²) in [4.78, 5) is 35.3. The third kappa shape index (κ3) is 9.80. The Bertz CT molecular complexity index is 800. The second-order valence-corrected chi connectivity index (χ2v) is 6.14. The van der Waals surface area contributed by atoms with Crippen LogP contribution < -0.4 is 10.1 Å². The van der Waals surface area contributed by atoms with Crippen molar-refractivity contribution in [3.05, 3.63) is 65.2 Å². The number of rotatable bonds is 8. The minimum atomic E-state index is -1.05. The summed E-state index contributed by atoms with van der Waals surface area (Å²) in [6, 6.07) is 14.8. The Labute approximate surface area is 195 Å². The van der Waals surface area contributed by atoms with Crippen molar-refractivity contribution in [3.8, 4) is 5.75 Å². The van der Waals surface area contributed by atoms with Crippen molar-refractivity contribution in [2.45, 2.75) is 26.1 Å². The summed E-state index contributed by atoms with van der Waals surface area (Å²) in [5.41, 5.74) is 0.359. The average Bonchev–Trinajstić information content (AvgIpc) is 2.67. The van der Waals surface area contributed by atoms with Gasteiger partial charge in [-0.05, 0) is 42.8 Å². The van der Waals surface area contributed by atoms with Crippen LogP contribution in [0.15, 0.2) is 54.6 Å². The number of carbonyl (C=O) groups excluding carboxylic acids is 3. The van der Waals surface area contributed by atoms with Gasteiger partial charge in [-0.3, -0.25) is 4.79 Å². The zero-order chi connectivity index (χ0) is 20.4. The molecule has 29 heavy (non-hydrogen) atoms. The summed E-state index contributed by atoms with van der Waals surface area (Å²) in [6.45, 7) is 1.64. The molecule has 2 rings (SSSR count). The predicted octanol–water partition coefficient (Wildman–Crippen LogP) is 3.31. The maximum atomic E-state index is 11.8. The summed E-state index contributed by atoms with van der Waals surface area (Å²) < 4.78 is 15.1. The fourth-order valence-electron chi connectivity index (χ4n) is 2.12. The van der Waals surface area contributed by atoms with Crippen molar-refractivity contribution >= 4 is 59.2 Å². The van der Waals surface area contributed by atoms with Gasteiger partial charge in [-0.25, -0.2) is 9.59 Å². The predicted molar refractivity (Wildman–Crippen MR) is 109 cm³/mol. The van der Waals surface area contributed by atoms with Crippen LogP contribution in [0.3, 0.4) is 0 Å². The van der Waals surface area contributed by atoms with E-state index in [0.717, 1.165) is 0 Å². The normalized spacial score (nSPS) is 10.8. The van der Waals surface area contributed by atoms with Gasteiger partial charge in [-0.1, -0.05) is 29.8 Å². The summed E-state index contributed by atoms with van der Waals surface area (Å²) in [7, 11) is 0. The molecule has 2 aromatic rings. The molecule has 0 fully saturated rings. The van der Waals surface area contributed by atoms with Gasteiger partial charge >= 0.3 is 47.6 Å². The molecule has 1 unspecified atom stereocenters. The maximum absolute atomic E-state index is 11.8. The summed E-state index contributed by atoms with van der Waals surface area (Å²) in [6.07, 6.45) is -1.33. The van der Waals surface area contributed by atoms with E-state index in [-0.39, 0.29) is 42.5 Å². The van der Waals surface area contributed by atoms with E-state index in [1.54, 1.807) is 54.6 Å². The molecule has 0 aromatic heterocycles. The van der Waals surface area contributed by atoms with Crippen LogP contribution in [0.4, 0.5) is 4.79 Å². The molecule has 1 N–H and O–H groups in total. The molecule has 0 bridgehead atoms. The second kappa shape index (κ2) is 13.2. The molecule has 0 radical (unpaired) electrons. The summed E-state index contributed by atoms with van der Waals surface area (Å²) in [5, 5.41) is 3.02. The molecule has 0 aliphatic rings.